The smallest absolute Gasteiger partial charge is 0.226 e. The second-order valence-electron chi connectivity index (χ2n) is 6.06. The Morgan fingerprint density at radius 2 is 2.19 bits per heavy atom. The average Bonchev–Trinajstić information content (AvgIpc) is 3.18. The molecule has 1 aliphatic heterocycles. The molecule has 2 aromatic rings. The number of H-pyrrole nitrogens is 1. The van der Waals surface area contributed by atoms with Gasteiger partial charge >= 0.3 is 0 Å². The van der Waals surface area contributed by atoms with Crippen LogP contribution in [0, 0.1) is 4.77 Å². The Kier molecular flexibility index (Phi) is 3.38. The van der Waals surface area contributed by atoms with Crippen LogP contribution in [0.15, 0.2) is 11.4 Å². The molecule has 1 fully saturated rings. The number of nitrogens with zero attached hydrogens (tertiary/aromatic N) is 3. The molecule has 0 spiro atoms. The molecular weight excluding hydrogens is 300 g/mol. The van der Waals surface area contributed by atoms with Gasteiger partial charge in [-0.25, -0.2) is 5.10 Å². The van der Waals surface area contributed by atoms with Gasteiger partial charge in [-0.05, 0) is 55.4 Å². The molecule has 4 nitrogen and oxygen atoms in total. The number of aromatic amines is 1. The van der Waals surface area contributed by atoms with Crippen molar-refractivity contribution >= 4 is 29.5 Å². The summed E-state index contributed by atoms with van der Waals surface area (Å²) in [7, 11) is 0. The third-order valence-corrected chi connectivity index (χ3v) is 6.19. The lowest BCUT2D eigenvalue weighted by atomic mass is 10.0. The van der Waals surface area contributed by atoms with Gasteiger partial charge in [0.2, 0.25) is 5.95 Å². The Morgan fingerprint density at radius 1 is 1.38 bits per heavy atom. The third kappa shape index (κ3) is 2.16. The summed E-state index contributed by atoms with van der Waals surface area (Å²) in [5.41, 5.74) is 1.46. The van der Waals surface area contributed by atoms with Gasteiger partial charge in [0.05, 0.1) is 6.04 Å². The summed E-state index contributed by atoms with van der Waals surface area (Å²) in [6.45, 7) is 3.31. The van der Waals surface area contributed by atoms with E-state index in [1.54, 1.807) is 0 Å². The van der Waals surface area contributed by atoms with Gasteiger partial charge in [-0.3, -0.25) is 4.57 Å². The Morgan fingerprint density at radius 3 is 3.00 bits per heavy atom. The zero-order valence-corrected chi connectivity index (χ0v) is 13.8. The lowest BCUT2D eigenvalue weighted by Crippen LogP contribution is -2.35. The number of nitrogens with one attached hydrogen (secondary N) is 1. The summed E-state index contributed by atoms with van der Waals surface area (Å²) in [5.74, 6) is 1.04. The third-order valence-electron chi connectivity index (χ3n) is 4.91. The maximum Gasteiger partial charge on any atom is 0.226 e. The van der Waals surface area contributed by atoms with Crippen LogP contribution in [0.3, 0.4) is 0 Å². The largest absolute Gasteiger partial charge is 0.334 e. The van der Waals surface area contributed by atoms with E-state index in [2.05, 4.69) is 38.0 Å². The minimum atomic E-state index is 0.380. The van der Waals surface area contributed by atoms with Crippen LogP contribution in [0.4, 0.5) is 5.95 Å². The topological polar surface area (TPSA) is 36.9 Å². The van der Waals surface area contributed by atoms with Crippen LogP contribution in [-0.2, 0) is 6.42 Å². The number of thiophene rings is 1. The van der Waals surface area contributed by atoms with Crippen molar-refractivity contribution in [1.82, 2.24) is 14.8 Å². The van der Waals surface area contributed by atoms with Crippen LogP contribution in [0.1, 0.15) is 55.1 Å². The van der Waals surface area contributed by atoms with Gasteiger partial charge in [-0.15, -0.1) is 16.4 Å². The van der Waals surface area contributed by atoms with Crippen LogP contribution < -0.4 is 4.90 Å². The Bertz CT molecular complexity index is 693. The quantitative estimate of drug-likeness (QED) is 0.841. The molecule has 6 heteroatoms. The van der Waals surface area contributed by atoms with E-state index in [0.717, 1.165) is 23.7 Å². The van der Waals surface area contributed by atoms with Crippen molar-refractivity contribution in [3.05, 3.63) is 26.7 Å². The maximum atomic E-state index is 5.50. The fourth-order valence-corrected chi connectivity index (χ4v) is 5.01. The standard InChI is InChI=1S/C15H20N4S2/c1-10-12-7-9-21-13(12)6-8-18(10)14-16-17-15(20)19(14)11-4-2-3-5-11/h7,9-11H,2-6,8H2,1H3,(H,17,20). The van der Waals surface area contributed by atoms with Crippen LogP contribution >= 0.6 is 23.6 Å². The van der Waals surface area contributed by atoms with E-state index in [-0.39, 0.29) is 0 Å². The molecule has 1 saturated carbocycles. The molecule has 21 heavy (non-hydrogen) atoms. The maximum absolute atomic E-state index is 5.50. The summed E-state index contributed by atoms with van der Waals surface area (Å²) in [6.07, 6.45) is 6.18. The second kappa shape index (κ2) is 5.25. The molecule has 2 aromatic heterocycles. The summed E-state index contributed by atoms with van der Waals surface area (Å²) in [4.78, 5) is 3.94. The first-order valence-electron chi connectivity index (χ1n) is 7.75. The van der Waals surface area contributed by atoms with Gasteiger partial charge in [0, 0.05) is 17.5 Å². The van der Waals surface area contributed by atoms with Gasteiger partial charge in [0.25, 0.3) is 0 Å². The lowest BCUT2D eigenvalue weighted by Gasteiger charge is -2.35. The van der Waals surface area contributed by atoms with Gasteiger partial charge in [0.15, 0.2) is 4.77 Å². The van der Waals surface area contributed by atoms with E-state index < -0.39 is 0 Å². The van der Waals surface area contributed by atoms with Crippen LogP contribution in [0.25, 0.3) is 0 Å². The first-order chi connectivity index (χ1) is 10.3. The molecule has 4 rings (SSSR count). The van der Waals surface area contributed by atoms with E-state index in [9.17, 15) is 0 Å². The Labute approximate surface area is 133 Å². The van der Waals surface area contributed by atoms with E-state index in [4.69, 9.17) is 12.2 Å². The first kappa shape index (κ1) is 13.5. The molecule has 1 N–H and O–H groups in total. The van der Waals surface area contributed by atoms with Crippen LogP contribution in [0.2, 0.25) is 0 Å². The van der Waals surface area contributed by atoms with Crippen molar-refractivity contribution in [2.75, 3.05) is 11.4 Å². The predicted octanol–water partition coefficient (Wildman–Crippen LogP) is 4.24. The summed E-state index contributed by atoms with van der Waals surface area (Å²) in [6, 6.07) is 3.17. The van der Waals surface area contributed by atoms with Crippen LogP contribution in [0.5, 0.6) is 0 Å². The summed E-state index contributed by atoms with van der Waals surface area (Å²) < 4.78 is 3.05. The molecule has 0 aromatic carbocycles. The highest BCUT2D eigenvalue weighted by atomic mass is 32.1. The molecular formula is C15H20N4S2. The summed E-state index contributed by atoms with van der Waals surface area (Å²) in [5, 5.41) is 9.80. The Balaban J connectivity index is 1.73. The molecule has 1 unspecified atom stereocenters. The minimum absolute atomic E-state index is 0.380. The number of anilines is 1. The summed E-state index contributed by atoms with van der Waals surface area (Å²) >= 11 is 7.38. The fourth-order valence-electron chi connectivity index (χ4n) is 3.77. The minimum Gasteiger partial charge on any atom is -0.334 e. The molecule has 1 aliphatic carbocycles. The highest BCUT2D eigenvalue weighted by Crippen LogP contribution is 2.38. The van der Waals surface area contributed by atoms with E-state index in [1.807, 2.05) is 11.3 Å². The van der Waals surface area contributed by atoms with Gasteiger partial charge in [-0.2, -0.15) is 0 Å². The molecule has 0 radical (unpaired) electrons. The fraction of sp³-hybridized carbons (Fsp3) is 0.600. The monoisotopic (exact) mass is 320 g/mol. The van der Waals surface area contributed by atoms with E-state index in [0.29, 0.717) is 12.1 Å². The van der Waals surface area contributed by atoms with Crippen molar-refractivity contribution in [3.63, 3.8) is 0 Å². The molecule has 1 atom stereocenters. The molecule has 112 valence electrons. The van der Waals surface area contributed by atoms with E-state index in [1.165, 1.54) is 36.1 Å². The van der Waals surface area contributed by atoms with Crippen LogP contribution in [-0.4, -0.2) is 21.3 Å². The van der Waals surface area contributed by atoms with E-state index >= 15 is 0 Å². The number of rotatable bonds is 2. The zero-order valence-electron chi connectivity index (χ0n) is 12.2. The second-order valence-corrected chi connectivity index (χ2v) is 7.44. The molecule has 0 saturated heterocycles. The Hall–Kier alpha value is -1.14. The molecule has 0 bridgehead atoms. The van der Waals surface area contributed by atoms with Crippen molar-refractivity contribution < 1.29 is 0 Å². The highest BCUT2D eigenvalue weighted by Gasteiger charge is 2.30. The predicted molar refractivity (Wildman–Crippen MR) is 88.7 cm³/mol. The van der Waals surface area contributed by atoms with Crippen molar-refractivity contribution in [2.24, 2.45) is 0 Å². The molecule has 0 amide bonds. The van der Waals surface area contributed by atoms with Crippen molar-refractivity contribution in [3.8, 4) is 0 Å². The van der Waals surface area contributed by atoms with Gasteiger partial charge in [0.1, 0.15) is 0 Å². The normalized spacial score (nSPS) is 22.7. The van der Waals surface area contributed by atoms with Crippen molar-refractivity contribution in [1.29, 1.82) is 0 Å². The number of fused-ring (bicyclic) bond motifs is 1. The number of hydrogen-bond donors (Lipinski definition) is 1. The lowest BCUT2D eigenvalue weighted by molar-refractivity contribution is 0.493. The van der Waals surface area contributed by atoms with Gasteiger partial charge in [-0.1, -0.05) is 12.8 Å². The van der Waals surface area contributed by atoms with Crippen molar-refractivity contribution in [2.45, 2.75) is 51.1 Å². The highest BCUT2D eigenvalue weighted by molar-refractivity contribution is 7.71. The average molecular weight is 320 g/mol. The number of aromatic nitrogens is 3. The molecule has 3 heterocycles. The first-order valence-corrected chi connectivity index (χ1v) is 9.04. The SMILES string of the molecule is CC1c2ccsc2CCN1c1n[nH]c(=S)n1C1CCCC1. The van der Waals surface area contributed by atoms with Gasteiger partial charge < -0.3 is 4.90 Å². The molecule has 2 aliphatic rings. The number of hydrogen-bond acceptors (Lipinski definition) is 4. The zero-order chi connectivity index (χ0) is 14.4.